The van der Waals surface area contributed by atoms with Gasteiger partial charge in [-0.15, -0.1) is 11.3 Å². The molecule has 0 spiro atoms. The van der Waals surface area contributed by atoms with E-state index in [2.05, 4.69) is 35.4 Å². The number of pyridine rings is 1. The minimum Gasteiger partial charge on any atom is -0.354 e. The standard InChI is InChI=1S/C18H25N7OS/c1-14-16(27-13-23-14)17(26)21-7-8-22-18(19-2)25-11-9-24(10-12-25)15-5-3-4-6-20-15/h3-6,13H,7-12H2,1-2H3,(H,19,22)(H,21,26). The zero-order chi connectivity index (χ0) is 19.1. The molecule has 1 aliphatic heterocycles. The number of nitrogens with zero attached hydrogens (tertiary/aromatic N) is 5. The Morgan fingerprint density at radius 2 is 1.96 bits per heavy atom. The summed E-state index contributed by atoms with van der Waals surface area (Å²) in [6.45, 7) is 6.56. The molecule has 0 radical (unpaired) electrons. The maximum absolute atomic E-state index is 12.1. The van der Waals surface area contributed by atoms with Gasteiger partial charge in [0.25, 0.3) is 5.91 Å². The predicted molar refractivity (Wildman–Crippen MR) is 109 cm³/mol. The maximum atomic E-state index is 12.1. The normalized spacial score (nSPS) is 15.0. The molecule has 1 amide bonds. The van der Waals surface area contributed by atoms with Crippen LogP contribution in [0.4, 0.5) is 5.82 Å². The van der Waals surface area contributed by atoms with E-state index in [0.717, 1.165) is 43.7 Å². The molecule has 1 fully saturated rings. The van der Waals surface area contributed by atoms with E-state index in [9.17, 15) is 4.79 Å². The lowest BCUT2D eigenvalue weighted by Crippen LogP contribution is -2.53. The highest BCUT2D eigenvalue weighted by Gasteiger charge is 2.20. The fourth-order valence-electron chi connectivity index (χ4n) is 2.97. The lowest BCUT2D eigenvalue weighted by atomic mass is 10.3. The first kappa shape index (κ1) is 19.1. The highest BCUT2D eigenvalue weighted by atomic mass is 32.1. The Morgan fingerprint density at radius 1 is 1.19 bits per heavy atom. The zero-order valence-corrected chi connectivity index (χ0v) is 16.5. The van der Waals surface area contributed by atoms with Gasteiger partial charge in [-0.25, -0.2) is 9.97 Å². The van der Waals surface area contributed by atoms with E-state index in [1.54, 1.807) is 12.6 Å². The topological polar surface area (TPSA) is 85.7 Å². The zero-order valence-electron chi connectivity index (χ0n) is 15.7. The van der Waals surface area contributed by atoms with Crippen molar-refractivity contribution in [2.45, 2.75) is 6.92 Å². The second-order valence-corrected chi connectivity index (χ2v) is 7.01. The number of hydrogen-bond donors (Lipinski definition) is 2. The smallest absolute Gasteiger partial charge is 0.263 e. The Balaban J connectivity index is 1.41. The Kier molecular flexibility index (Phi) is 6.59. The Labute approximate surface area is 163 Å². The van der Waals surface area contributed by atoms with Crippen LogP contribution in [-0.4, -0.2) is 73.1 Å². The van der Waals surface area contributed by atoms with Crippen LogP contribution in [0, 0.1) is 6.92 Å². The van der Waals surface area contributed by atoms with Crippen LogP contribution >= 0.6 is 11.3 Å². The third-order valence-corrected chi connectivity index (χ3v) is 5.34. The van der Waals surface area contributed by atoms with Gasteiger partial charge < -0.3 is 20.4 Å². The van der Waals surface area contributed by atoms with Gasteiger partial charge in [0.1, 0.15) is 10.7 Å². The number of carbonyl (C=O) groups is 1. The second kappa shape index (κ2) is 9.31. The van der Waals surface area contributed by atoms with E-state index in [1.807, 2.05) is 31.3 Å². The number of aliphatic imine (C=N–C) groups is 1. The number of aromatic nitrogens is 2. The Bertz CT molecular complexity index is 769. The van der Waals surface area contributed by atoms with Crippen molar-refractivity contribution < 1.29 is 4.79 Å². The summed E-state index contributed by atoms with van der Waals surface area (Å²) >= 11 is 1.36. The fourth-order valence-corrected chi connectivity index (χ4v) is 3.69. The van der Waals surface area contributed by atoms with E-state index in [-0.39, 0.29) is 5.91 Å². The minimum absolute atomic E-state index is 0.0734. The van der Waals surface area contributed by atoms with Gasteiger partial charge in [-0.1, -0.05) is 6.07 Å². The number of anilines is 1. The fraction of sp³-hybridized carbons (Fsp3) is 0.444. The number of amides is 1. The summed E-state index contributed by atoms with van der Waals surface area (Å²) in [5, 5.41) is 6.24. The van der Waals surface area contributed by atoms with Gasteiger partial charge in [0.2, 0.25) is 0 Å². The SMILES string of the molecule is CN=C(NCCNC(=O)c1scnc1C)N1CCN(c2ccccn2)CC1. The molecule has 0 bridgehead atoms. The summed E-state index contributed by atoms with van der Waals surface area (Å²) in [6, 6.07) is 5.98. The monoisotopic (exact) mass is 387 g/mol. The van der Waals surface area contributed by atoms with Crippen LogP contribution in [0.2, 0.25) is 0 Å². The van der Waals surface area contributed by atoms with Gasteiger partial charge in [-0.3, -0.25) is 9.79 Å². The van der Waals surface area contributed by atoms with Crippen molar-refractivity contribution in [2.75, 3.05) is 51.2 Å². The number of guanidine groups is 1. The molecule has 2 N–H and O–H groups in total. The van der Waals surface area contributed by atoms with Gasteiger partial charge in [0, 0.05) is 52.5 Å². The van der Waals surface area contributed by atoms with Crippen LogP contribution in [0.3, 0.4) is 0 Å². The Morgan fingerprint density at radius 3 is 2.59 bits per heavy atom. The van der Waals surface area contributed by atoms with E-state index < -0.39 is 0 Å². The molecule has 3 rings (SSSR count). The van der Waals surface area contributed by atoms with Crippen molar-refractivity contribution in [3.05, 3.63) is 40.5 Å². The van der Waals surface area contributed by atoms with Crippen LogP contribution < -0.4 is 15.5 Å². The summed E-state index contributed by atoms with van der Waals surface area (Å²) in [6.07, 6.45) is 1.82. The molecule has 0 atom stereocenters. The lowest BCUT2D eigenvalue weighted by Gasteiger charge is -2.37. The number of aryl methyl sites for hydroxylation is 1. The molecule has 3 heterocycles. The molecule has 2 aromatic heterocycles. The quantitative estimate of drug-likeness (QED) is 0.452. The lowest BCUT2D eigenvalue weighted by molar-refractivity contribution is 0.0957. The van der Waals surface area contributed by atoms with Gasteiger partial charge in [0.15, 0.2) is 5.96 Å². The van der Waals surface area contributed by atoms with Crippen LogP contribution in [0.15, 0.2) is 34.9 Å². The van der Waals surface area contributed by atoms with Crippen molar-refractivity contribution in [3.8, 4) is 0 Å². The maximum Gasteiger partial charge on any atom is 0.263 e. The van der Waals surface area contributed by atoms with Crippen molar-refractivity contribution in [2.24, 2.45) is 4.99 Å². The molecule has 9 heteroatoms. The van der Waals surface area contributed by atoms with E-state index in [4.69, 9.17) is 0 Å². The summed E-state index contributed by atoms with van der Waals surface area (Å²) in [5.41, 5.74) is 2.46. The van der Waals surface area contributed by atoms with Gasteiger partial charge in [-0.05, 0) is 19.1 Å². The summed E-state index contributed by atoms with van der Waals surface area (Å²) < 4.78 is 0. The number of nitrogens with one attached hydrogen (secondary N) is 2. The van der Waals surface area contributed by atoms with Gasteiger partial charge in [0.05, 0.1) is 11.2 Å². The summed E-state index contributed by atoms with van der Waals surface area (Å²) in [5.74, 6) is 1.80. The van der Waals surface area contributed by atoms with Crippen LogP contribution in [0.5, 0.6) is 0 Å². The average Bonchev–Trinajstić information content (AvgIpc) is 3.15. The van der Waals surface area contributed by atoms with Crippen LogP contribution in [-0.2, 0) is 0 Å². The largest absolute Gasteiger partial charge is 0.354 e. The first-order chi connectivity index (χ1) is 13.2. The van der Waals surface area contributed by atoms with E-state index >= 15 is 0 Å². The number of thiazole rings is 1. The molecule has 0 saturated carbocycles. The molecule has 144 valence electrons. The molecule has 0 unspecified atom stereocenters. The Hall–Kier alpha value is -2.68. The number of rotatable bonds is 5. The molecule has 27 heavy (non-hydrogen) atoms. The molecule has 8 nitrogen and oxygen atoms in total. The number of piperazine rings is 1. The molecule has 2 aromatic rings. The first-order valence-corrected chi connectivity index (χ1v) is 9.87. The highest BCUT2D eigenvalue weighted by Crippen LogP contribution is 2.13. The number of hydrogen-bond acceptors (Lipinski definition) is 6. The van der Waals surface area contributed by atoms with E-state index in [0.29, 0.717) is 18.0 Å². The van der Waals surface area contributed by atoms with Crippen molar-refractivity contribution in [3.63, 3.8) is 0 Å². The summed E-state index contributed by atoms with van der Waals surface area (Å²) in [4.78, 5) is 30.2. The van der Waals surface area contributed by atoms with Crippen LogP contribution in [0.1, 0.15) is 15.4 Å². The molecular formula is C18H25N7OS. The molecular weight excluding hydrogens is 362 g/mol. The van der Waals surface area contributed by atoms with E-state index in [1.165, 1.54) is 11.3 Å². The minimum atomic E-state index is -0.0734. The third-order valence-electron chi connectivity index (χ3n) is 4.41. The predicted octanol–water partition coefficient (Wildman–Crippen LogP) is 0.974. The van der Waals surface area contributed by atoms with Crippen LogP contribution in [0.25, 0.3) is 0 Å². The summed E-state index contributed by atoms with van der Waals surface area (Å²) in [7, 11) is 1.78. The molecule has 1 aliphatic rings. The number of carbonyl (C=O) groups excluding carboxylic acids is 1. The van der Waals surface area contributed by atoms with Crippen molar-refractivity contribution in [1.29, 1.82) is 0 Å². The molecule has 0 aliphatic carbocycles. The second-order valence-electron chi connectivity index (χ2n) is 6.16. The van der Waals surface area contributed by atoms with Crippen molar-refractivity contribution >= 4 is 29.0 Å². The van der Waals surface area contributed by atoms with Gasteiger partial charge in [-0.2, -0.15) is 0 Å². The molecule has 0 aromatic carbocycles. The first-order valence-electron chi connectivity index (χ1n) is 8.99. The highest BCUT2D eigenvalue weighted by molar-refractivity contribution is 7.11. The average molecular weight is 388 g/mol. The third kappa shape index (κ3) is 4.94. The molecule has 1 saturated heterocycles. The van der Waals surface area contributed by atoms with Gasteiger partial charge >= 0.3 is 0 Å². The van der Waals surface area contributed by atoms with Crippen molar-refractivity contribution in [1.82, 2.24) is 25.5 Å².